The van der Waals surface area contributed by atoms with Crippen LogP contribution in [0.1, 0.15) is 55.2 Å². The summed E-state index contributed by atoms with van der Waals surface area (Å²) < 4.78 is 0. The van der Waals surface area contributed by atoms with Gasteiger partial charge in [-0.3, -0.25) is 14.4 Å². The molecule has 0 spiro atoms. The van der Waals surface area contributed by atoms with Crippen molar-refractivity contribution in [3.8, 4) is 0 Å². The molecule has 0 aromatic heterocycles. The summed E-state index contributed by atoms with van der Waals surface area (Å²) in [5, 5.41) is 21.3. The van der Waals surface area contributed by atoms with Crippen molar-refractivity contribution in [1.29, 1.82) is 0 Å². The predicted octanol–water partition coefficient (Wildman–Crippen LogP) is 3.49. The highest BCUT2D eigenvalue weighted by Crippen LogP contribution is 2.12. The molecular formula is C26H33NO5. The van der Waals surface area contributed by atoms with Crippen molar-refractivity contribution < 1.29 is 24.6 Å². The Balaban J connectivity index is 1.75. The highest BCUT2D eigenvalue weighted by atomic mass is 16.4. The number of Topliss-reactive ketones (excluding diaryl/α,β-unsaturated/α-hetero) is 2. The second kappa shape index (κ2) is 14.3. The summed E-state index contributed by atoms with van der Waals surface area (Å²) in [5.41, 5.74) is 2.84. The van der Waals surface area contributed by atoms with Gasteiger partial charge in [0.2, 0.25) is 0 Å². The normalized spacial score (nSPS) is 11.8. The van der Waals surface area contributed by atoms with Gasteiger partial charge >= 0.3 is 5.97 Å². The van der Waals surface area contributed by atoms with Crippen molar-refractivity contribution in [2.24, 2.45) is 0 Å². The van der Waals surface area contributed by atoms with Crippen LogP contribution in [0.2, 0.25) is 0 Å². The Bertz CT molecular complexity index is 866. The van der Waals surface area contributed by atoms with Crippen molar-refractivity contribution >= 4 is 17.5 Å². The van der Waals surface area contributed by atoms with Gasteiger partial charge in [-0.1, -0.05) is 67.4 Å². The molecule has 0 saturated carbocycles. The number of carboxylic acid groups (broad SMARTS) is 1. The van der Waals surface area contributed by atoms with Gasteiger partial charge in [-0.05, 0) is 36.0 Å². The van der Waals surface area contributed by atoms with Gasteiger partial charge in [0.1, 0.15) is 18.4 Å². The van der Waals surface area contributed by atoms with E-state index in [9.17, 15) is 19.5 Å². The number of aliphatic hydroxyl groups excluding tert-OH is 1. The SMILES string of the molecule is O=C(CO)CCCCCCC(=O)Cc1cccc(CN[C@@H](Cc2ccccc2)C(=O)O)c1. The lowest BCUT2D eigenvalue weighted by molar-refractivity contribution is -0.139. The van der Waals surface area contributed by atoms with Gasteiger partial charge < -0.3 is 15.5 Å². The molecule has 2 rings (SSSR count). The van der Waals surface area contributed by atoms with Gasteiger partial charge in [-0.25, -0.2) is 0 Å². The number of aliphatic hydroxyl groups is 1. The van der Waals surface area contributed by atoms with E-state index in [-0.39, 0.29) is 11.6 Å². The molecule has 0 aliphatic rings. The van der Waals surface area contributed by atoms with Gasteiger partial charge in [0.15, 0.2) is 5.78 Å². The zero-order valence-corrected chi connectivity index (χ0v) is 18.5. The molecule has 0 aliphatic heterocycles. The second-order valence-corrected chi connectivity index (χ2v) is 8.11. The number of ketones is 2. The number of nitrogens with one attached hydrogen (secondary N) is 1. The smallest absolute Gasteiger partial charge is 0.321 e. The summed E-state index contributed by atoms with van der Waals surface area (Å²) in [6, 6.07) is 16.5. The number of rotatable bonds is 16. The number of hydrogen-bond donors (Lipinski definition) is 3. The molecule has 0 radical (unpaired) electrons. The van der Waals surface area contributed by atoms with Gasteiger partial charge in [0.05, 0.1) is 0 Å². The highest BCUT2D eigenvalue weighted by Gasteiger charge is 2.17. The van der Waals surface area contributed by atoms with E-state index in [4.69, 9.17) is 5.11 Å². The van der Waals surface area contributed by atoms with E-state index in [0.717, 1.165) is 42.4 Å². The molecule has 0 aliphatic carbocycles. The van der Waals surface area contributed by atoms with Crippen LogP contribution in [0.5, 0.6) is 0 Å². The molecule has 2 aromatic carbocycles. The van der Waals surface area contributed by atoms with Crippen LogP contribution in [-0.4, -0.2) is 40.4 Å². The zero-order chi connectivity index (χ0) is 23.2. The summed E-state index contributed by atoms with van der Waals surface area (Å²) in [5.74, 6) is -0.847. The molecule has 3 N–H and O–H groups in total. The highest BCUT2D eigenvalue weighted by molar-refractivity contribution is 5.81. The van der Waals surface area contributed by atoms with E-state index in [1.807, 2.05) is 54.6 Å². The molecule has 32 heavy (non-hydrogen) atoms. The number of benzene rings is 2. The number of carbonyl (C=O) groups excluding carboxylic acids is 2. The van der Waals surface area contributed by atoms with Crippen LogP contribution in [0.15, 0.2) is 54.6 Å². The van der Waals surface area contributed by atoms with Crippen LogP contribution < -0.4 is 5.32 Å². The van der Waals surface area contributed by atoms with Crippen LogP contribution >= 0.6 is 0 Å². The lowest BCUT2D eigenvalue weighted by Gasteiger charge is -2.15. The van der Waals surface area contributed by atoms with Crippen LogP contribution in [0, 0.1) is 0 Å². The standard InChI is InChI=1S/C26H33NO5/c28-19-24(30)14-7-2-1-6-13-23(29)16-21-11-8-12-22(15-21)18-27-25(26(31)32)17-20-9-4-3-5-10-20/h3-5,8-12,15,25,27-28H,1-2,6-7,13-14,16-19H2,(H,31,32)/t25-/m0/s1. The lowest BCUT2D eigenvalue weighted by Crippen LogP contribution is -2.38. The quantitative estimate of drug-likeness (QED) is 0.346. The van der Waals surface area contributed by atoms with E-state index in [2.05, 4.69) is 5.32 Å². The molecule has 0 saturated heterocycles. The van der Waals surface area contributed by atoms with Crippen LogP contribution in [0.25, 0.3) is 0 Å². The summed E-state index contributed by atoms with van der Waals surface area (Å²) in [7, 11) is 0. The minimum absolute atomic E-state index is 0.134. The molecule has 0 unspecified atom stereocenters. The first-order chi connectivity index (χ1) is 15.5. The van der Waals surface area contributed by atoms with E-state index >= 15 is 0 Å². The Morgan fingerprint density at radius 2 is 1.41 bits per heavy atom. The first-order valence-electron chi connectivity index (χ1n) is 11.2. The first-order valence-corrected chi connectivity index (χ1v) is 11.2. The Labute approximate surface area is 189 Å². The Morgan fingerprint density at radius 3 is 2.06 bits per heavy atom. The molecule has 2 aromatic rings. The fourth-order valence-corrected chi connectivity index (χ4v) is 3.58. The van der Waals surface area contributed by atoms with Gasteiger partial charge in [-0.2, -0.15) is 0 Å². The van der Waals surface area contributed by atoms with Gasteiger partial charge in [0.25, 0.3) is 0 Å². The minimum atomic E-state index is -0.888. The third-order valence-electron chi connectivity index (χ3n) is 5.36. The van der Waals surface area contributed by atoms with E-state index < -0.39 is 18.6 Å². The largest absolute Gasteiger partial charge is 0.480 e. The predicted molar refractivity (Wildman–Crippen MR) is 123 cm³/mol. The molecular weight excluding hydrogens is 406 g/mol. The summed E-state index contributed by atoms with van der Waals surface area (Å²) >= 11 is 0. The number of carboxylic acids is 1. The fourth-order valence-electron chi connectivity index (χ4n) is 3.58. The lowest BCUT2D eigenvalue weighted by atomic mass is 10.0. The van der Waals surface area contributed by atoms with Gasteiger partial charge in [0, 0.05) is 25.8 Å². The Kier molecular flexibility index (Phi) is 11.3. The van der Waals surface area contributed by atoms with Gasteiger partial charge in [-0.15, -0.1) is 0 Å². The molecule has 1 atom stereocenters. The summed E-state index contributed by atoms with van der Waals surface area (Å²) in [6.45, 7) is 0.0233. The maximum Gasteiger partial charge on any atom is 0.321 e. The topological polar surface area (TPSA) is 104 Å². The van der Waals surface area contributed by atoms with Crippen molar-refractivity contribution in [3.05, 3.63) is 71.3 Å². The minimum Gasteiger partial charge on any atom is -0.480 e. The molecule has 6 heteroatoms. The van der Waals surface area contributed by atoms with E-state index in [1.54, 1.807) is 0 Å². The maximum absolute atomic E-state index is 12.3. The molecule has 172 valence electrons. The fraction of sp³-hybridized carbons (Fsp3) is 0.423. The number of aliphatic carboxylic acids is 1. The van der Waals surface area contributed by atoms with Crippen molar-refractivity contribution in [2.45, 2.75) is 64.0 Å². The van der Waals surface area contributed by atoms with E-state index in [0.29, 0.717) is 32.2 Å². The van der Waals surface area contributed by atoms with Crippen molar-refractivity contribution in [3.63, 3.8) is 0 Å². The molecule has 0 heterocycles. The van der Waals surface area contributed by atoms with Crippen molar-refractivity contribution in [1.82, 2.24) is 5.32 Å². The third kappa shape index (κ3) is 9.98. The third-order valence-corrected chi connectivity index (χ3v) is 5.36. The molecule has 0 fully saturated rings. The second-order valence-electron chi connectivity index (χ2n) is 8.11. The summed E-state index contributed by atoms with van der Waals surface area (Å²) in [6.07, 6.45) is 5.01. The maximum atomic E-state index is 12.3. The monoisotopic (exact) mass is 439 g/mol. The van der Waals surface area contributed by atoms with Crippen LogP contribution in [0.3, 0.4) is 0 Å². The average molecular weight is 440 g/mol. The zero-order valence-electron chi connectivity index (χ0n) is 18.5. The van der Waals surface area contributed by atoms with E-state index in [1.165, 1.54) is 0 Å². The van der Waals surface area contributed by atoms with Crippen LogP contribution in [0.4, 0.5) is 0 Å². The number of unbranched alkanes of at least 4 members (excludes halogenated alkanes) is 3. The number of hydrogen-bond acceptors (Lipinski definition) is 5. The Hall–Kier alpha value is -2.83. The average Bonchev–Trinajstić information content (AvgIpc) is 2.79. The number of carbonyl (C=O) groups is 3. The first kappa shape index (κ1) is 25.4. The molecule has 0 bridgehead atoms. The summed E-state index contributed by atoms with van der Waals surface area (Å²) in [4.78, 5) is 35.0. The molecule has 6 nitrogen and oxygen atoms in total. The van der Waals surface area contributed by atoms with Crippen molar-refractivity contribution in [2.75, 3.05) is 6.61 Å². The van der Waals surface area contributed by atoms with Crippen LogP contribution in [-0.2, 0) is 33.8 Å². The molecule has 0 amide bonds. The Morgan fingerprint density at radius 1 is 0.781 bits per heavy atom.